The molecule has 0 N–H and O–H groups in total. The minimum atomic E-state index is -0.774. The topological polar surface area (TPSA) is 47.3 Å². The Balaban J connectivity index is 2.32. The van der Waals surface area contributed by atoms with E-state index in [2.05, 4.69) is 12.1 Å². The van der Waals surface area contributed by atoms with Gasteiger partial charge in [-0.3, -0.25) is 0 Å². The van der Waals surface area contributed by atoms with Gasteiger partial charge in [-0.15, -0.1) is 0 Å². The lowest BCUT2D eigenvalue weighted by Gasteiger charge is -2.27. The van der Waals surface area contributed by atoms with Crippen LogP contribution >= 0.6 is 0 Å². The standard InChI is InChI=1S/C15H19N3O/c1-11-6-5-7-12(8-11)13-9-18(14(19)17(13)4)15(2,3)10-16/h5-8,13H,9H2,1-4H3. The lowest BCUT2D eigenvalue weighted by atomic mass is 10.0. The van der Waals surface area contributed by atoms with Gasteiger partial charge in [0.15, 0.2) is 0 Å². The summed E-state index contributed by atoms with van der Waals surface area (Å²) in [6.07, 6.45) is 0. The molecule has 1 aliphatic rings. The number of carbonyl (C=O) groups is 1. The Bertz CT molecular complexity index is 545. The van der Waals surface area contributed by atoms with Crippen LogP contribution in [0.5, 0.6) is 0 Å². The second-order valence-electron chi connectivity index (χ2n) is 5.60. The molecule has 2 rings (SSSR count). The summed E-state index contributed by atoms with van der Waals surface area (Å²) in [6.45, 7) is 6.14. The number of hydrogen-bond donors (Lipinski definition) is 0. The number of aryl methyl sites for hydroxylation is 1. The van der Waals surface area contributed by atoms with Gasteiger partial charge in [-0.2, -0.15) is 5.26 Å². The predicted octanol–water partition coefficient (Wildman–Crippen LogP) is 2.71. The Labute approximate surface area is 114 Å². The van der Waals surface area contributed by atoms with Crippen molar-refractivity contribution in [3.63, 3.8) is 0 Å². The lowest BCUT2D eigenvalue weighted by Crippen LogP contribution is -2.44. The number of urea groups is 1. The van der Waals surface area contributed by atoms with Crippen LogP contribution in [0.25, 0.3) is 0 Å². The van der Waals surface area contributed by atoms with Crippen LogP contribution in [0.1, 0.15) is 31.0 Å². The highest BCUT2D eigenvalue weighted by atomic mass is 16.2. The molecule has 1 fully saturated rings. The van der Waals surface area contributed by atoms with E-state index in [1.807, 2.05) is 25.1 Å². The summed E-state index contributed by atoms with van der Waals surface area (Å²) in [7, 11) is 1.79. The van der Waals surface area contributed by atoms with Crippen LogP contribution in [0.2, 0.25) is 0 Å². The molecule has 0 aromatic heterocycles. The lowest BCUT2D eigenvalue weighted by molar-refractivity contribution is 0.172. The SMILES string of the molecule is Cc1cccc(C2CN(C(C)(C)C#N)C(=O)N2C)c1. The summed E-state index contributed by atoms with van der Waals surface area (Å²) >= 11 is 0. The Morgan fingerprint density at radius 2 is 2.11 bits per heavy atom. The van der Waals surface area contributed by atoms with Crippen molar-refractivity contribution in [2.45, 2.75) is 32.4 Å². The van der Waals surface area contributed by atoms with E-state index >= 15 is 0 Å². The van der Waals surface area contributed by atoms with Crippen LogP contribution < -0.4 is 0 Å². The number of likely N-dealkylation sites (N-methyl/N-ethyl adjacent to an activating group) is 1. The van der Waals surface area contributed by atoms with Gasteiger partial charge < -0.3 is 9.80 Å². The molecule has 0 radical (unpaired) electrons. The first kappa shape index (κ1) is 13.4. The van der Waals surface area contributed by atoms with E-state index in [4.69, 9.17) is 0 Å². The van der Waals surface area contributed by atoms with E-state index in [1.165, 1.54) is 5.56 Å². The summed E-state index contributed by atoms with van der Waals surface area (Å²) < 4.78 is 0. The second kappa shape index (κ2) is 4.58. The first-order chi connectivity index (χ1) is 8.86. The molecule has 4 nitrogen and oxygen atoms in total. The highest BCUT2D eigenvalue weighted by Gasteiger charge is 2.42. The van der Waals surface area contributed by atoms with Crippen molar-refractivity contribution in [3.8, 4) is 6.07 Å². The van der Waals surface area contributed by atoms with Crippen molar-refractivity contribution in [2.75, 3.05) is 13.6 Å². The molecule has 1 atom stereocenters. The molecular formula is C15H19N3O. The van der Waals surface area contributed by atoms with Gasteiger partial charge in [-0.05, 0) is 26.3 Å². The van der Waals surface area contributed by atoms with Crippen LogP contribution in [0.15, 0.2) is 24.3 Å². The third kappa shape index (κ3) is 2.28. The van der Waals surface area contributed by atoms with E-state index in [1.54, 1.807) is 30.7 Å². The maximum Gasteiger partial charge on any atom is 0.321 e. The van der Waals surface area contributed by atoms with Crippen molar-refractivity contribution in [2.24, 2.45) is 0 Å². The smallest absolute Gasteiger partial charge is 0.319 e. The van der Waals surface area contributed by atoms with Crippen molar-refractivity contribution >= 4 is 6.03 Å². The highest BCUT2D eigenvalue weighted by molar-refractivity contribution is 5.78. The number of hydrogen-bond acceptors (Lipinski definition) is 2. The largest absolute Gasteiger partial charge is 0.321 e. The minimum Gasteiger partial charge on any atom is -0.319 e. The Kier molecular flexibility index (Phi) is 3.23. The van der Waals surface area contributed by atoms with Crippen LogP contribution in [0.3, 0.4) is 0 Å². The molecule has 0 aliphatic carbocycles. The van der Waals surface area contributed by atoms with Gasteiger partial charge in [0, 0.05) is 13.6 Å². The molecule has 0 saturated carbocycles. The van der Waals surface area contributed by atoms with Crippen LogP contribution in [-0.2, 0) is 0 Å². The third-order valence-corrected chi connectivity index (χ3v) is 3.73. The zero-order valence-corrected chi connectivity index (χ0v) is 11.8. The Hall–Kier alpha value is -2.02. The summed E-state index contributed by atoms with van der Waals surface area (Å²) in [5.74, 6) is 0. The number of rotatable bonds is 2. The second-order valence-corrected chi connectivity index (χ2v) is 5.60. The monoisotopic (exact) mass is 257 g/mol. The maximum absolute atomic E-state index is 12.3. The fourth-order valence-electron chi connectivity index (χ4n) is 2.43. The van der Waals surface area contributed by atoms with Crippen LogP contribution in [-0.4, -0.2) is 35.0 Å². The molecule has 100 valence electrons. The fraction of sp³-hybridized carbons (Fsp3) is 0.467. The van der Waals surface area contributed by atoms with Crippen LogP contribution in [0, 0.1) is 18.3 Å². The minimum absolute atomic E-state index is 0.0139. The van der Waals surface area contributed by atoms with Crippen molar-refractivity contribution in [1.82, 2.24) is 9.80 Å². The molecular weight excluding hydrogens is 238 g/mol. The molecule has 1 aromatic carbocycles. The average molecular weight is 257 g/mol. The van der Waals surface area contributed by atoms with Gasteiger partial charge in [0.2, 0.25) is 0 Å². The van der Waals surface area contributed by atoms with E-state index in [0.717, 1.165) is 5.56 Å². The first-order valence-electron chi connectivity index (χ1n) is 6.39. The maximum atomic E-state index is 12.3. The average Bonchev–Trinajstić information content (AvgIpc) is 2.67. The number of nitriles is 1. The number of carbonyl (C=O) groups excluding carboxylic acids is 1. The first-order valence-corrected chi connectivity index (χ1v) is 6.39. The molecule has 1 aliphatic heterocycles. The highest BCUT2D eigenvalue weighted by Crippen LogP contribution is 2.32. The quantitative estimate of drug-likeness (QED) is 0.817. The fourth-order valence-corrected chi connectivity index (χ4v) is 2.43. The van der Waals surface area contributed by atoms with E-state index < -0.39 is 5.54 Å². The van der Waals surface area contributed by atoms with Gasteiger partial charge in [0.1, 0.15) is 5.54 Å². The van der Waals surface area contributed by atoms with Gasteiger partial charge in [0.05, 0.1) is 12.1 Å². The third-order valence-electron chi connectivity index (χ3n) is 3.73. The molecule has 0 spiro atoms. The number of nitrogens with zero attached hydrogens (tertiary/aromatic N) is 3. The Morgan fingerprint density at radius 1 is 1.42 bits per heavy atom. The molecule has 19 heavy (non-hydrogen) atoms. The predicted molar refractivity (Wildman–Crippen MR) is 73.5 cm³/mol. The molecule has 2 amide bonds. The van der Waals surface area contributed by atoms with Gasteiger partial charge in [-0.25, -0.2) is 4.79 Å². The van der Waals surface area contributed by atoms with Gasteiger partial charge in [0.25, 0.3) is 0 Å². The molecule has 0 bridgehead atoms. The Morgan fingerprint density at radius 3 is 2.68 bits per heavy atom. The zero-order chi connectivity index (χ0) is 14.2. The zero-order valence-electron chi connectivity index (χ0n) is 11.8. The van der Waals surface area contributed by atoms with E-state index in [0.29, 0.717) is 6.54 Å². The molecule has 1 aromatic rings. The van der Waals surface area contributed by atoms with Crippen molar-refractivity contribution in [1.29, 1.82) is 5.26 Å². The van der Waals surface area contributed by atoms with E-state index in [9.17, 15) is 10.1 Å². The number of benzene rings is 1. The molecule has 1 heterocycles. The van der Waals surface area contributed by atoms with Crippen molar-refractivity contribution in [3.05, 3.63) is 35.4 Å². The van der Waals surface area contributed by atoms with Gasteiger partial charge in [-0.1, -0.05) is 29.8 Å². The summed E-state index contributed by atoms with van der Waals surface area (Å²) in [4.78, 5) is 15.6. The molecule has 4 heteroatoms. The molecule has 1 saturated heterocycles. The van der Waals surface area contributed by atoms with E-state index in [-0.39, 0.29) is 12.1 Å². The summed E-state index contributed by atoms with van der Waals surface area (Å²) in [5.41, 5.74) is 1.52. The number of amides is 2. The van der Waals surface area contributed by atoms with Crippen LogP contribution in [0.4, 0.5) is 4.79 Å². The molecule has 1 unspecified atom stereocenters. The normalized spacial score (nSPS) is 19.7. The summed E-state index contributed by atoms with van der Waals surface area (Å²) in [6, 6.07) is 10.3. The summed E-state index contributed by atoms with van der Waals surface area (Å²) in [5, 5.41) is 9.20. The van der Waals surface area contributed by atoms with Crippen molar-refractivity contribution < 1.29 is 4.79 Å². The van der Waals surface area contributed by atoms with Gasteiger partial charge >= 0.3 is 6.03 Å².